The van der Waals surface area contributed by atoms with Crippen LogP contribution in [0.1, 0.15) is 11.1 Å². The summed E-state index contributed by atoms with van der Waals surface area (Å²) in [6.45, 7) is 2.58. The maximum atomic E-state index is 5.82. The van der Waals surface area contributed by atoms with Gasteiger partial charge in [-0.2, -0.15) is 0 Å². The van der Waals surface area contributed by atoms with Crippen LogP contribution in [0, 0.1) is 6.92 Å². The quantitative estimate of drug-likeness (QED) is 0.927. The standard InChI is InChI=1S/C14H14BrNO/c1-10-2-5-12(15)8-14(10)17-13-6-3-11(9-16)4-7-13/h2-8H,9,16H2,1H3. The van der Waals surface area contributed by atoms with Crippen LogP contribution < -0.4 is 10.5 Å². The topological polar surface area (TPSA) is 35.2 Å². The highest BCUT2D eigenvalue weighted by molar-refractivity contribution is 9.10. The van der Waals surface area contributed by atoms with Crippen molar-refractivity contribution in [2.75, 3.05) is 0 Å². The summed E-state index contributed by atoms with van der Waals surface area (Å²) < 4.78 is 6.83. The summed E-state index contributed by atoms with van der Waals surface area (Å²) >= 11 is 3.44. The van der Waals surface area contributed by atoms with Gasteiger partial charge in [-0.3, -0.25) is 0 Å². The normalized spacial score (nSPS) is 10.3. The van der Waals surface area contributed by atoms with E-state index in [1.54, 1.807) is 0 Å². The predicted octanol–water partition coefficient (Wildman–Crippen LogP) is 4.01. The van der Waals surface area contributed by atoms with Gasteiger partial charge in [-0.1, -0.05) is 34.1 Å². The van der Waals surface area contributed by atoms with Gasteiger partial charge >= 0.3 is 0 Å². The molecule has 0 radical (unpaired) electrons. The molecule has 2 aromatic carbocycles. The van der Waals surface area contributed by atoms with Gasteiger partial charge in [0.05, 0.1) is 0 Å². The number of rotatable bonds is 3. The van der Waals surface area contributed by atoms with Crippen LogP contribution in [0.15, 0.2) is 46.9 Å². The third kappa shape index (κ3) is 3.08. The summed E-state index contributed by atoms with van der Waals surface area (Å²) in [7, 11) is 0. The molecule has 0 atom stereocenters. The molecule has 0 unspecified atom stereocenters. The molecular formula is C14H14BrNO. The second-order valence-electron chi connectivity index (χ2n) is 3.86. The van der Waals surface area contributed by atoms with Crippen LogP contribution >= 0.6 is 15.9 Å². The number of hydrogen-bond acceptors (Lipinski definition) is 2. The highest BCUT2D eigenvalue weighted by atomic mass is 79.9. The molecule has 0 amide bonds. The fourth-order valence-electron chi connectivity index (χ4n) is 1.50. The van der Waals surface area contributed by atoms with E-state index in [-0.39, 0.29) is 0 Å². The lowest BCUT2D eigenvalue weighted by Crippen LogP contribution is -1.95. The molecule has 88 valence electrons. The molecule has 2 aromatic rings. The van der Waals surface area contributed by atoms with Crippen molar-refractivity contribution in [1.29, 1.82) is 0 Å². The zero-order valence-electron chi connectivity index (χ0n) is 9.61. The van der Waals surface area contributed by atoms with Crippen LogP contribution in [0.25, 0.3) is 0 Å². The van der Waals surface area contributed by atoms with Crippen LogP contribution in [-0.2, 0) is 6.54 Å². The van der Waals surface area contributed by atoms with E-state index in [2.05, 4.69) is 15.9 Å². The Hall–Kier alpha value is -1.32. The van der Waals surface area contributed by atoms with Crippen molar-refractivity contribution in [3.05, 3.63) is 58.1 Å². The molecule has 17 heavy (non-hydrogen) atoms. The molecule has 2 N–H and O–H groups in total. The fourth-order valence-corrected chi connectivity index (χ4v) is 1.84. The summed E-state index contributed by atoms with van der Waals surface area (Å²) in [5, 5.41) is 0. The number of hydrogen-bond donors (Lipinski definition) is 1. The number of nitrogens with two attached hydrogens (primary N) is 1. The lowest BCUT2D eigenvalue weighted by atomic mass is 10.2. The van der Waals surface area contributed by atoms with Crippen molar-refractivity contribution in [2.45, 2.75) is 13.5 Å². The van der Waals surface area contributed by atoms with Gasteiger partial charge in [0.2, 0.25) is 0 Å². The molecule has 2 nitrogen and oxygen atoms in total. The van der Waals surface area contributed by atoms with Crippen LogP contribution in [0.2, 0.25) is 0 Å². The van der Waals surface area contributed by atoms with Crippen molar-refractivity contribution in [3.63, 3.8) is 0 Å². The van der Waals surface area contributed by atoms with E-state index in [1.165, 1.54) is 0 Å². The van der Waals surface area contributed by atoms with Crippen molar-refractivity contribution in [3.8, 4) is 11.5 Å². The van der Waals surface area contributed by atoms with Gasteiger partial charge < -0.3 is 10.5 Å². The third-order valence-electron chi connectivity index (χ3n) is 2.54. The molecule has 0 saturated carbocycles. The molecule has 0 spiro atoms. The Balaban J connectivity index is 2.22. The monoisotopic (exact) mass is 291 g/mol. The fraction of sp³-hybridized carbons (Fsp3) is 0.143. The van der Waals surface area contributed by atoms with E-state index < -0.39 is 0 Å². The molecule has 2 rings (SSSR count). The van der Waals surface area contributed by atoms with Gasteiger partial charge in [-0.25, -0.2) is 0 Å². The van der Waals surface area contributed by atoms with Crippen LogP contribution in [0.3, 0.4) is 0 Å². The minimum Gasteiger partial charge on any atom is -0.457 e. The molecule has 0 aliphatic rings. The Morgan fingerprint density at radius 2 is 1.82 bits per heavy atom. The first kappa shape index (κ1) is 12.1. The zero-order valence-corrected chi connectivity index (χ0v) is 11.2. The number of halogens is 1. The summed E-state index contributed by atoms with van der Waals surface area (Å²) in [5.74, 6) is 1.68. The van der Waals surface area contributed by atoms with E-state index in [4.69, 9.17) is 10.5 Å². The largest absolute Gasteiger partial charge is 0.457 e. The van der Waals surface area contributed by atoms with Gasteiger partial charge in [0.15, 0.2) is 0 Å². The molecular weight excluding hydrogens is 278 g/mol. The van der Waals surface area contributed by atoms with Crippen molar-refractivity contribution in [2.24, 2.45) is 5.73 Å². The summed E-state index contributed by atoms with van der Waals surface area (Å²) in [4.78, 5) is 0. The molecule has 0 aromatic heterocycles. The third-order valence-corrected chi connectivity index (χ3v) is 3.03. The first-order chi connectivity index (χ1) is 8.19. The predicted molar refractivity (Wildman–Crippen MR) is 73.3 cm³/mol. The van der Waals surface area contributed by atoms with Gasteiger partial charge in [-0.05, 0) is 42.3 Å². The lowest BCUT2D eigenvalue weighted by Gasteiger charge is -2.09. The first-order valence-corrected chi connectivity index (χ1v) is 6.21. The zero-order chi connectivity index (χ0) is 12.3. The van der Waals surface area contributed by atoms with Gasteiger partial charge in [-0.15, -0.1) is 0 Å². The van der Waals surface area contributed by atoms with Crippen molar-refractivity contribution >= 4 is 15.9 Å². The molecule has 0 aliphatic carbocycles. The molecule has 0 saturated heterocycles. The second-order valence-corrected chi connectivity index (χ2v) is 4.78. The molecule has 0 heterocycles. The van der Waals surface area contributed by atoms with E-state index >= 15 is 0 Å². The van der Waals surface area contributed by atoms with Crippen molar-refractivity contribution < 1.29 is 4.74 Å². The van der Waals surface area contributed by atoms with Crippen LogP contribution in [0.4, 0.5) is 0 Å². The maximum absolute atomic E-state index is 5.82. The molecule has 0 aliphatic heterocycles. The number of aryl methyl sites for hydroxylation is 1. The van der Waals surface area contributed by atoms with Gasteiger partial charge in [0.25, 0.3) is 0 Å². The highest BCUT2D eigenvalue weighted by Gasteiger charge is 2.02. The Morgan fingerprint density at radius 1 is 1.12 bits per heavy atom. The Kier molecular flexibility index (Phi) is 3.82. The van der Waals surface area contributed by atoms with Gasteiger partial charge in [0, 0.05) is 11.0 Å². The summed E-state index contributed by atoms with van der Waals surface area (Å²) in [6, 6.07) is 13.8. The number of ether oxygens (including phenoxy) is 1. The van der Waals surface area contributed by atoms with Gasteiger partial charge in [0.1, 0.15) is 11.5 Å². The van der Waals surface area contributed by atoms with E-state index in [0.29, 0.717) is 6.54 Å². The Bertz CT molecular complexity index is 508. The SMILES string of the molecule is Cc1ccc(Br)cc1Oc1ccc(CN)cc1. The average Bonchev–Trinajstić information content (AvgIpc) is 2.35. The maximum Gasteiger partial charge on any atom is 0.131 e. The van der Waals surface area contributed by atoms with Crippen molar-refractivity contribution in [1.82, 2.24) is 0 Å². The molecule has 3 heteroatoms. The highest BCUT2D eigenvalue weighted by Crippen LogP contribution is 2.28. The number of benzene rings is 2. The smallest absolute Gasteiger partial charge is 0.131 e. The van der Waals surface area contributed by atoms with Crippen LogP contribution in [-0.4, -0.2) is 0 Å². The van der Waals surface area contributed by atoms with E-state index in [0.717, 1.165) is 27.1 Å². The van der Waals surface area contributed by atoms with E-state index in [9.17, 15) is 0 Å². The van der Waals surface area contributed by atoms with Crippen LogP contribution in [0.5, 0.6) is 11.5 Å². The van der Waals surface area contributed by atoms with E-state index in [1.807, 2.05) is 49.4 Å². The summed E-state index contributed by atoms with van der Waals surface area (Å²) in [6.07, 6.45) is 0. The Labute approximate surface area is 110 Å². The summed E-state index contributed by atoms with van der Waals surface area (Å²) in [5.41, 5.74) is 7.76. The minimum atomic E-state index is 0.552. The average molecular weight is 292 g/mol. The Morgan fingerprint density at radius 3 is 2.47 bits per heavy atom. The minimum absolute atomic E-state index is 0.552. The molecule has 0 fully saturated rings. The lowest BCUT2D eigenvalue weighted by molar-refractivity contribution is 0.478. The second kappa shape index (κ2) is 5.34. The molecule has 0 bridgehead atoms. The first-order valence-electron chi connectivity index (χ1n) is 5.42.